The average molecular weight is 489 g/mol. The van der Waals surface area contributed by atoms with Crippen molar-refractivity contribution in [1.82, 2.24) is 24.3 Å². The highest BCUT2D eigenvalue weighted by Gasteiger charge is 2.21. The normalized spacial score (nSPS) is 11.2. The fraction of sp³-hybridized carbons (Fsp3) is 0.240. The molecule has 36 heavy (non-hydrogen) atoms. The van der Waals surface area contributed by atoms with Crippen molar-refractivity contribution in [1.29, 1.82) is 0 Å². The first-order valence-electron chi connectivity index (χ1n) is 11.2. The minimum Gasteiger partial charge on any atom is -0.493 e. The van der Waals surface area contributed by atoms with Crippen LogP contribution in [0.3, 0.4) is 0 Å². The van der Waals surface area contributed by atoms with E-state index in [1.165, 1.54) is 25.1 Å². The maximum Gasteiger partial charge on any atom is 0.278 e. The molecule has 0 spiro atoms. The third-order valence-electron chi connectivity index (χ3n) is 5.81. The highest BCUT2D eigenvalue weighted by molar-refractivity contribution is 6.07. The number of carbonyl (C=O) groups is 1. The molecule has 0 saturated heterocycles. The number of ether oxygens (including phenoxy) is 2. The molecule has 5 rings (SSSR count). The number of methoxy groups -OCH3 is 2. The van der Waals surface area contributed by atoms with Gasteiger partial charge in [-0.1, -0.05) is 17.3 Å². The standard InChI is InChI=1S/C25H24N6O5/c1-14-6-5-7-16(8-14)28-21(32)11-31-18-10-20(35-4)19(34-3)9-17(18)23-24(31)25(33)30(13-26-23)12-22-27-15(2)29-36-22/h5-10,13H,11-12H2,1-4H3,(H,28,32). The maximum atomic E-state index is 13.6. The molecule has 11 heteroatoms. The molecule has 0 aliphatic heterocycles. The summed E-state index contributed by atoms with van der Waals surface area (Å²) in [7, 11) is 3.06. The summed E-state index contributed by atoms with van der Waals surface area (Å²) in [5.41, 5.74) is 2.65. The fourth-order valence-electron chi connectivity index (χ4n) is 4.21. The number of nitrogens with zero attached hydrogens (tertiary/aromatic N) is 5. The van der Waals surface area contributed by atoms with Crippen LogP contribution < -0.4 is 20.3 Å². The molecule has 184 valence electrons. The largest absolute Gasteiger partial charge is 0.493 e. The molecule has 0 aliphatic rings. The van der Waals surface area contributed by atoms with Crippen molar-refractivity contribution < 1.29 is 18.8 Å². The number of nitrogens with one attached hydrogen (secondary N) is 1. The lowest BCUT2D eigenvalue weighted by Crippen LogP contribution is -2.25. The van der Waals surface area contributed by atoms with E-state index in [0.29, 0.717) is 39.4 Å². The molecule has 0 fully saturated rings. The zero-order chi connectivity index (χ0) is 25.4. The van der Waals surface area contributed by atoms with E-state index in [1.54, 1.807) is 23.6 Å². The highest BCUT2D eigenvalue weighted by Crippen LogP contribution is 2.36. The minimum absolute atomic E-state index is 0.0479. The molecule has 1 amide bonds. The Morgan fingerprint density at radius 1 is 1.11 bits per heavy atom. The zero-order valence-corrected chi connectivity index (χ0v) is 20.2. The van der Waals surface area contributed by atoms with Gasteiger partial charge in [0.25, 0.3) is 5.56 Å². The van der Waals surface area contributed by atoms with Crippen molar-refractivity contribution in [3.8, 4) is 11.5 Å². The number of aromatic nitrogens is 5. The van der Waals surface area contributed by atoms with Crippen LogP contribution >= 0.6 is 0 Å². The number of anilines is 1. The van der Waals surface area contributed by atoms with E-state index >= 15 is 0 Å². The first-order chi connectivity index (χ1) is 17.4. The van der Waals surface area contributed by atoms with Gasteiger partial charge in [0.15, 0.2) is 17.3 Å². The van der Waals surface area contributed by atoms with Gasteiger partial charge in [0.05, 0.1) is 26.1 Å². The lowest BCUT2D eigenvalue weighted by atomic mass is 10.2. The van der Waals surface area contributed by atoms with Gasteiger partial charge in [0, 0.05) is 17.1 Å². The second kappa shape index (κ2) is 9.17. The van der Waals surface area contributed by atoms with E-state index in [4.69, 9.17) is 14.0 Å². The Morgan fingerprint density at radius 3 is 2.58 bits per heavy atom. The van der Waals surface area contributed by atoms with Crippen molar-refractivity contribution in [3.05, 3.63) is 70.4 Å². The Hall–Kier alpha value is -4.67. The van der Waals surface area contributed by atoms with Crippen molar-refractivity contribution in [3.63, 3.8) is 0 Å². The van der Waals surface area contributed by atoms with Crippen LogP contribution in [0.1, 0.15) is 17.3 Å². The Kier molecular flexibility index (Phi) is 5.88. The number of hydrogen-bond donors (Lipinski definition) is 1. The van der Waals surface area contributed by atoms with Gasteiger partial charge >= 0.3 is 0 Å². The van der Waals surface area contributed by atoms with Crippen LogP contribution in [0.5, 0.6) is 11.5 Å². The van der Waals surface area contributed by atoms with Crippen LogP contribution in [0, 0.1) is 13.8 Å². The summed E-state index contributed by atoms with van der Waals surface area (Å²) < 4.78 is 19.1. The van der Waals surface area contributed by atoms with E-state index in [0.717, 1.165) is 5.56 Å². The monoisotopic (exact) mass is 488 g/mol. The van der Waals surface area contributed by atoms with E-state index < -0.39 is 0 Å². The number of fused-ring (bicyclic) bond motifs is 3. The molecular formula is C25H24N6O5. The first-order valence-corrected chi connectivity index (χ1v) is 11.2. The average Bonchev–Trinajstić information content (AvgIpc) is 3.40. The van der Waals surface area contributed by atoms with Gasteiger partial charge in [0.1, 0.15) is 24.1 Å². The van der Waals surface area contributed by atoms with Gasteiger partial charge < -0.3 is 23.9 Å². The van der Waals surface area contributed by atoms with Crippen molar-refractivity contribution in [2.45, 2.75) is 26.9 Å². The highest BCUT2D eigenvalue weighted by atomic mass is 16.5. The molecule has 2 aromatic carbocycles. The first kappa shape index (κ1) is 23.1. The van der Waals surface area contributed by atoms with Crippen molar-refractivity contribution in [2.75, 3.05) is 19.5 Å². The van der Waals surface area contributed by atoms with Gasteiger partial charge in [-0.2, -0.15) is 4.98 Å². The molecule has 3 heterocycles. The number of benzene rings is 2. The topological polar surface area (TPSA) is 126 Å². The molecule has 1 N–H and O–H groups in total. The summed E-state index contributed by atoms with van der Waals surface area (Å²) >= 11 is 0. The molecule has 0 radical (unpaired) electrons. The summed E-state index contributed by atoms with van der Waals surface area (Å²) in [5, 5.41) is 7.33. The van der Waals surface area contributed by atoms with Gasteiger partial charge in [-0.25, -0.2) is 4.98 Å². The summed E-state index contributed by atoms with van der Waals surface area (Å²) in [4.78, 5) is 35.5. The fourth-order valence-corrected chi connectivity index (χ4v) is 4.21. The SMILES string of the molecule is COc1cc2c3ncn(Cc4nc(C)no4)c(=O)c3n(CC(=O)Nc3cccc(C)c3)c2cc1OC. The molecule has 0 atom stereocenters. The summed E-state index contributed by atoms with van der Waals surface area (Å²) in [5.74, 6) is 1.40. The molecule has 3 aromatic heterocycles. The molecule has 5 aromatic rings. The molecule has 0 saturated carbocycles. The summed E-state index contributed by atoms with van der Waals surface area (Å²) in [6.07, 6.45) is 1.43. The quantitative estimate of drug-likeness (QED) is 0.370. The second-order valence-corrected chi connectivity index (χ2v) is 8.34. The van der Waals surface area contributed by atoms with Crippen LogP contribution in [0.2, 0.25) is 0 Å². The lowest BCUT2D eigenvalue weighted by molar-refractivity contribution is -0.116. The van der Waals surface area contributed by atoms with Gasteiger partial charge in [-0.05, 0) is 37.6 Å². The number of aryl methyl sites for hydroxylation is 2. The summed E-state index contributed by atoms with van der Waals surface area (Å²) in [6.45, 7) is 3.57. The van der Waals surface area contributed by atoms with Crippen LogP contribution in [-0.4, -0.2) is 44.4 Å². The van der Waals surface area contributed by atoms with Crippen LogP contribution in [-0.2, 0) is 17.9 Å². The van der Waals surface area contributed by atoms with E-state index in [1.807, 2.05) is 31.2 Å². The second-order valence-electron chi connectivity index (χ2n) is 8.34. The van der Waals surface area contributed by atoms with Crippen LogP contribution in [0.4, 0.5) is 5.69 Å². The zero-order valence-electron chi connectivity index (χ0n) is 20.2. The van der Waals surface area contributed by atoms with E-state index in [-0.39, 0.29) is 36.0 Å². The summed E-state index contributed by atoms with van der Waals surface area (Å²) in [6, 6.07) is 11.0. The Labute approximate surface area is 205 Å². The molecular weight excluding hydrogens is 464 g/mol. The Morgan fingerprint density at radius 2 is 1.89 bits per heavy atom. The van der Waals surface area contributed by atoms with Crippen molar-refractivity contribution in [2.24, 2.45) is 0 Å². The number of hydrogen-bond acceptors (Lipinski definition) is 8. The van der Waals surface area contributed by atoms with Crippen molar-refractivity contribution >= 4 is 33.5 Å². The number of rotatable bonds is 7. The van der Waals surface area contributed by atoms with Gasteiger partial charge in [-0.3, -0.25) is 14.2 Å². The van der Waals surface area contributed by atoms with Gasteiger partial charge in [0.2, 0.25) is 11.8 Å². The van der Waals surface area contributed by atoms with Crippen LogP contribution in [0.15, 0.2) is 52.0 Å². The number of amides is 1. The van der Waals surface area contributed by atoms with Gasteiger partial charge in [-0.15, -0.1) is 0 Å². The number of carbonyl (C=O) groups excluding carboxylic acids is 1. The predicted molar refractivity (Wildman–Crippen MR) is 133 cm³/mol. The van der Waals surface area contributed by atoms with E-state index in [9.17, 15) is 9.59 Å². The molecule has 0 bridgehead atoms. The Bertz CT molecular complexity index is 1670. The molecule has 0 aliphatic carbocycles. The maximum absolute atomic E-state index is 13.6. The third-order valence-corrected chi connectivity index (χ3v) is 5.81. The molecule has 0 unspecified atom stereocenters. The van der Waals surface area contributed by atoms with Crippen LogP contribution in [0.25, 0.3) is 21.9 Å². The third kappa shape index (κ3) is 4.15. The smallest absolute Gasteiger partial charge is 0.278 e. The predicted octanol–water partition coefficient (Wildman–Crippen LogP) is 3.06. The van der Waals surface area contributed by atoms with E-state index in [2.05, 4.69) is 20.4 Å². The Balaban J connectivity index is 1.66. The minimum atomic E-state index is -0.353. The lowest BCUT2D eigenvalue weighted by Gasteiger charge is -2.11. The molecule has 11 nitrogen and oxygen atoms in total.